The molecule has 0 aliphatic heterocycles. The molecule has 0 spiro atoms. The Hall–Kier alpha value is 0.250. The molecule has 0 aromatic carbocycles. The predicted molar refractivity (Wildman–Crippen MR) is 50.3 cm³/mol. The third-order valence-electron chi connectivity index (χ3n) is 4.84. The molecule has 0 saturated heterocycles. The average Bonchev–Trinajstić information content (AvgIpc) is 2.18. The summed E-state index contributed by atoms with van der Waals surface area (Å²) in [6, 6.07) is 0. The zero-order valence-corrected chi connectivity index (χ0v) is 8.78. The SMILES string of the molecule is CC12CCC(Cl)(CC1O)C2(C)C. The second kappa shape index (κ2) is 2.01. The summed E-state index contributed by atoms with van der Waals surface area (Å²) in [5, 5.41) is 9.90. The van der Waals surface area contributed by atoms with Crippen molar-refractivity contribution in [3.05, 3.63) is 0 Å². The number of fused-ring (bicyclic) bond motifs is 2. The molecule has 2 aliphatic carbocycles. The van der Waals surface area contributed by atoms with E-state index in [1.165, 1.54) is 0 Å². The lowest BCUT2D eigenvalue weighted by atomic mass is 9.70. The van der Waals surface area contributed by atoms with Crippen molar-refractivity contribution in [1.82, 2.24) is 0 Å². The van der Waals surface area contributed by atoms with Gasteiger partial charge in [0, 0.05) is 5.41 Å². The molecule has 2 bridgehead atoms. The van der Waals surface area contributed by atoms with Crippen LogP contribution in [0.3, 0.4) is 0 Å². The fourth-order valence-electron chi connectivity index (χ4n) is 3.07. The van der Waals surface area contributed by atoms with E-state index < -0.39 is 0 Å². The summed E-state index contributed by atoms with van der Waals surface area (Å²) in [5.74, 6) is 0. The first-order chi connectivity index (χ1) is 5.33. The van der Waals surface area contributed by atoms with Gasteiger partial charge in [-0.2, -0.15) is 0 Å². The fourth-order valence-corrected chi connectivity index (χ4v) is 3.52. The average molecular weight is 189 g/mol. The monoisotopic (exact) mass is 188 g/mol. The largest absolute Gasteiger partial charge is 0.392 e. The second-order valence-corrected chi connectivity index (χ2v) is 5.95. The molecule has 2 fully saturated rings. The van der Waals surface area contributed by atoms with Gasteiger partial charge in [-0.15, -0.1) is 11.6 Å². The van der Waals surface area contributed by atoms with Crippen molar-refractivity contribution in [3.8, 4) is 0 Å². The van der Waals surface area contributed by atoms with Gasteiger partial charge in [0.1, 0.15) is 0 Å². The molecule has 1 nitrogen and oxygen atoms in total. The van der Waals surface area contributed by atoms with Crippen LogP contribution in [0.1, 0.15) is 40.0 Å². The van der Waals surface area contributed by atoms with Gasteiger partial charge >= 0.3 is 0 Å². The third kappa shape index (κ3) is 0.667. The minimum absolute atomic E-state index is 0.0503. The fraction of sp³-hybridized carbons (Fsp3) is 1.00. The first-order valence-corrected chi connectivity index (χ1v) is 5.08. The van der Waals surface area contributed by atoms with E-state index in [-0.39, 0.29) is 21.8 Å². The highest BCUT2D eigenvalue weighted by molar-refractivity contribution is 6.25. The Balaban J connectivity index is 2.49. The van der Waals surface area contributed by atoms with Crippen molar-refractivity contribution in [2.24, 2.45) is 10.8 Å². The molecule has 70 valence electrons. The van der Waals surface area contributed by atoms with Crippen LogP contribution in [-0.2, 0) is 0 Å². The van der Waals surface area contributed by atoms with Crippen LogP contribution in [0.15, 0.2) is 0 Å². The molecule has 1 N–H and O–H groups in total. The number of hydrogen-bond acceptors (Lipinski definition) is 1. The zero-order chi connectivity index (χ0) is 9.20. The van der Waals surface area contributed by atoms with E-state index in [1.54, 1.807) is 0 Å². The third-order valence-corrected chi connectivity index (χ3v) is 5.66. The summed E-state index contributed by atoms with van der Waals surface area (Å²) in [4.78, 5) is -0.138. The van der Waals surface area contributed by atoms with Gasteiger partial charge in [-0.25, -0.2) is 0 Å². The molecule has 0 aromatic heterocycles. The Morgan fingerprint density at radius 3 is 2.00 bits per heavy atom. The Morgan fingerprint density at radius 1 is 1.25 bits per heavy atom. The first-order valence-electron chi connectivity index (χ1n) is 4.70. The molecular formula is C10H17ClO. The normalized spacial score (nSPS) is 56.2. The standard InChI is InChI=1S/C10H17ClO/c1-8(2)9(3)4-5-10(8,11)6-7(9)12/h7,12H,4-6H2,1-3H3. The summed E-state index contributed by atoms with van der Waals surface area (Å²) in [6.07, 6.45) is 2.72. The van der Waals surface area contributed by atoms with Crippen LogP contribution in [0.2, 0.25) is 0 Å². The summed E-state index contributed by atoms with van der Waals surface area (Å²) in [6.45, 7) is 6.57. The smallest absolute Gasteiger partial charge is 0.0616 e. The van der Waals surface area contributed by atoms with Crippen LogP contribution in [0.25, 0.3) is 0 Å². The molecule has 2 saturated carbocycles. The molecule has 3 unspecified atom stereocenters. The van der Waals surface area contributed by atoms with Gasteiger partial charge in [-0.05, 0) is 24.7 Å². The summed E-state index contributed by atoms with van der Waals surface area (Å²) in [5.41, 5.74) is 0.135. The van der Waals surface area contributed by atoms with Crippen molar-refractivity contribution in [2.45, 2.75) is 51.0 Å². The van der Waals surface area contributed by atoms with Gasteiger partial charge in [0.15, 0.2) is 0 Å². The van der Waals surface area contributed by atoms with Crippen LogP contribution in [0.4, 0.5) is 0 Å². The Morgan fingerprint density at radius 2 is 1.83 bits per heavy atom. The number of aliphatic hydroxyl groups is 1. The second-order valence-electron chi connectivity index (χ2n) is 5.23. The number of aliphatic hydroxyl groups excluding tert-OH is 1. The molecule has 0 heterocycles. The molecular weight excluding hydrogens is 172 g/mol. The van der Waals surface area contributed by atoms with Gasteiger partial charge in [0.05, 0.1) is 11.0 Å². The maximum atomic E-state index is 9.90. The molecule has 0 radical (unpaired) electrons. The van der Waals surface area contributed by atoms with Crippen molar-refractivity contribution >= 4 is 11.6 Å². The predicted octanol–water partition coefficient (Wildman–Crippen LogP) is 2.55. The van der Waals surface area contributed by atoms with Crippen LogP contribution < -0.4 is 0 Å². The molecule has 2 aliphatic rings. The number of rotatable bonds is 0. The number of halogens is 1. The molecule has 12 heavy (non-hydrogen) atoms. The Kier molecular flexibility index (Phi) is 1.48. The van der Waals surface area contributed by atoms with E-state index >= 15 is 0 Å². The number of hydrogen-bond donors (Lipinski definition) is 1. The minimum atomic E-state index is -0.196. The van der Waals surface area contributed by atoms with E-state index in [0.29, 0.717) is 0 Å². The van der Waals surface area contributed by atoms with Crippen LogP contribution in [0, 0.1) is 10.8 Å². The quantitative estimate of drug-likeness (QED) is 0.580. The van der Waals surface area contributed by atoms with Crippen molar-refractivity contribution < 1.29 is 5.11 Å². The molecule has 2 heteroatoms. The van der Waals surface area contributed by atoms with E-state index in [0.717, 1.165) is 19.3 Å². The van der Waals surface area contributed by atoms with Crippen molar-refractivity contribution in [3.63, 3.8) is 0 Å². The summed E-state index contributed by atoms with van der Waals surface area (Å²) < 4.78 is 0. The highest BCUT2D eigenvalue weighted by atomic mass is 35.5. The van der Waals surface area contributed by atoms with E-state index in [2.05, 4.69) is 20.8 Å². The highest BCUT2D eigenvalue weighted by Gasteiger charge is 2.68. The highest BCUT2D eigenvalue weighted by Crippen LogP contribution is 2.70. The van der Waals surface area contributed by atoms with Gasteiger partial charge in [0.25, 0.3) is 0 Å². The lowest BCUT2D eigenvalue weighted by Crippen LogP contribution is -2.37. The van der Waals surface area contributed by atoms with Gasteiger partial charge in [-0.3, -0.25) is 0 Å². The lowest BCUT2D eigenvalue weighted by molar-refractivity contribution is 0.0128. The van der Waals surface area contributed by atoms with Gasteiger partial charge in [-0.1, -0.05) is 20.8 Å². The number of alkyl halides is 1. The molecule has 3 atom stereocenters. The maximum Gasteiger partial charge on any atom is 0.0616 e. The molecule has 0 aromatic rings. The van der Waals surface area contributed by atoms with Crippen LogP contribution >= 0.6 is 11.6 Å². The van der Waals surface area contributed by atoms with E-state index in [1.807, 2.05) is 0 Å². The molecule has 0 amide bonds. The minimum Gasteiger partial charge on any atom is -0.392 e. The Bertz CT molecular complexity index is 223. The van der Waals surface area contributed by atoms with Gasteiger partial charge in [0.2, 0.25) is 0 Å². The van der Waals surface area contributed by atoms with Crippen LogP contribution in [0.5, 0.6) is 0 Å². The maximum absolute atomic E-state index is 9.90. The topological polar surface area (TPSA) is 20.2 Å². The Labute approximate surface area is 79.1 Å². The van der Waals surface area contributed by atoms with Crippen molar-refractivity contribution in [2.75, 3.05) is 0 Å². The zero-order valence-electron chi connectivity index (χ0n) is 8.02. The van der Waals surface area contributed by atoms with Gasteiger partial charge < -0.3 is 5.11 Å². The molecule has 2 rings (SSSR count). The van der Waals surface area contributed by atoms with Crippen molar-refractivity contribution in [1.29, 1.82) is 0 Å². The summed E-state index contributed by atoms with van der Waals surface area (Å²) in [7, 11) is 0. The van der Waals surface area contributed by atoms with Crippen LogP contribution in [-0.4, -0.2) is 16.1 Å². The first kappa shape index (κ1) is 8.83. The lowest BCUT2D eigenvalue weighted by Gasteiger charge is -2.38. The van der Waals surface area contributed by atoms with E-state index in [9.17, 15) is 5.11 Å². The van der Waals surface area contributed by atoms with E-state index in [4.69, 9.17) is 11.6 Å². The summed E-state index contributed by atoms with van der Waals surface area (Å²) >= 11 is 6.51.